The monoisotopic (exact) mass is 174 g/mol. The van der Waals surface area contributed by atoms with Crippen molar-refractivity contribution in [3.05, 3.63) is 42.4 Å². The standard InChI is InChI=1S/C10H10N2O/c1-8-4-5-9(13)10(11-8)12-6-2-3-7-12/h2-7,13H,1H3. The molecule has 0 aliphatic carbocycles. The van der Waals surface area contributed by atoms with Crippen LogP contribution >= 0.6 is 0 Å². The topological polar surface area (TPSA) is 38.0 Å². The largest absolute Gasteiger partial charge is 0.504 e. The highest BCUT2D eigenvalue weighted by Crippen LogP contribution is 2.18. The van der Waals surface area contributed by atoms with Gasteiger partial charge in [-0.3, -0.25) is 0 Å². The van der Waals surface area contributed by atoms with E-state index < -0.39 is 0 Å². The average Bonchev–Trinajstić information content (AvgIpc) is 2.61. The number of hydrogen-bond donors (Lipinski definition) is 1. The Morgan fingerprint density at radius 2 is 1.92 bits per heavy atom. The third-order valence-corrected chi connectivity index (χ3v) is 1.84. The number of hydrogen-bond acceptors (Lipinski definition) is 2. The lowest BCUT2D eigenvalue weighted by Gasteiger charge is -2.04. The Morgan fingerprint density at radius 1 is 1.23 bits per heavy atom. The summed E-state index contributed by atoms with van der Waals surface area (Å²) in [4.78, 5) is 4.23. The number of aromatic hydroxyl groups is 1. The van der Waals surface area contributed by atoms with Gasteiger partial charge >= 0.3 is 0 Å². The van der Waals surface area contributed by atoms with Crippen molar-refractivity contribution in [2.75, 3.05) is 0 Å². The highest BCUT2D eigenvalue weighted by molar-refractivity contribution is 5.40. The fourth-order valence-electron chi connectivity index (χ4n) is 1.20. The Bertz CT molecular complexity index is 407. The van der Waals surface area contributed by atoms with Gasteiger partial charge in [-0.15, -0.1) is 0 Å². The summed E-state index contributed by atoms with van der Waals surface area (Å²) in [5.74, 6) is 0.770. The SMILES string of the molecule is Cc1ccc(O)c(-n2cccc2)n1. The molecule has 0 radical (unpaired) electrons. The second kappa shape index (κ2) is 2.94. The minimum absolute atomic E-state index is 0.196. The lowest BCUT2D eigenvalue weighted by atomic mass is 10.3. The van der Waals surface area contributed by atoms with Gasteiger partial charge < -0.3 is 9.67 Å². The second-order valence-electron chi connectivity index (χ2n) is 2.89. The number of rotatable bonds is 1. The van der Waals surface area contributed by atoms with Gasteiger partial charge in [-0.05, 0) is 31.2 Å². The second-order valence-corrected chi connectivity index (χ2v) is 2.89. The molecule has 0 amide bonds. The Kier molecular flexibility index (Phi) is 1.77. The summed E-state index contributed by atoms with van der Waals surface area (Å²) in [6.07, 6.45) is 3.70. The molecule has 2 heterocycles. The van der Waals surface area contributed by atoms with Crippen LogP contribution in [0, 0.1) is 6.92 Å². The van der Waals surface area contributed by atoms with E-state index >= 15 is 0 Å². The first-order valence-electron chi connectivity index (χ1n) is 4.07. The predicted molar refractivity (Wildman–Crippen MR) is 50.0 cm³/mol. The molecule has 0 unspecified atom stereocenters. The van der Waals surface area contributed by atoms with Gasteiger partial charge in [-0.2, -0.15) is 0 Å². The van der Waals surface area contributed by atoms with E-state index in [-0.39, 0.29) is 5.75 Å². The average molecular weight is 174 g/mol. The fraction of sp³-hybridized carbons (Fsp3) is 0.100. The van der Waals surface area contributed by atoms with Gasteiger partial charge in [0.05, 0.1) is 0 Å². The molecule has 0 spiro atoms. The molecule has 0 fully saturated rings. The van der Waals surface area contributed by atoms with Crippen LogP contribution in [0.25, 0.3) is 5.82 Å². The first-order valence-corrected chi connectivity index (χ1v) is 4.07. The number of aryl methyl sites for hydroxylation is 1. The molecule has 2 aromatic heterocycles. The van der Waals surface area contributed by atoms with Crippen LogP contribution in [0.15, 0.2) is 36.7 Å². The van der Waals surface area contributed by atoms with E-state index in [9.17, 15) is 5.11 Å². The first kappa shape index (κ1) is 7.86. The van der Waals surface area contributed by atoms with Crippen molar-refractivity contribution in [1.29, 1.82) is 0 Å². The third kappa shape index (κ3) is 1.40. The number of pyridine rings is 1. The molecule has 66 valence electrons. The smallest absolute Gasteiger partial charge is 0.179 e. The van der Waals surface area contributed by atoms with Gasteiger partial charge in [0.25, 0.3) is 0 Å². The van der Waals surface area contributed by atoms with Crippen LogP contribution in [-0.4, -0.2) is 14.7 Å². The molecule has 0 bridgehead atoms. The van der Waals surface area contributed by atoms with Crippen LogP contribution in [0.2, 0.25) is 0 Å². The molecule has 0 saturated carbocycles. The maximum atomic E-state index is 9.52. The van der Waals surface area contributed by atoms with Gasteiger partial charge in [-0.25, -0.2) is 4.98 Å². The Balaban J connectivity index is 2.57. The van der Waals surface area contributed by atoms with Crippen molar-refractivity contribution in [3.63, 3.8) is 0 Å². The maximum absolute atomic E-state index is 9.52. The van der Waals surface area contributed by atoms with Crippen molar-refractivity contribution >= 4 is 0 Å². The van der Waals surface area contributed by atoms with Crippen LogP contribution < -0.4 is 0 Å². The third-order valence-electron chi connectivity index (χ3n) is 1.84. The quantitative estimate of drug-likeness (QED) is 0.716. The molecule has 0 aliphatic rings. The van der Waals surface area contributed by atoms with Gasteiger partial charge in [0.15, 0.2) is 11.6 Å². The summed E-state index contributed by atoms with van der Waals surface area (Å²) in [5, 5.41) is 9.52. The van der Waals surface area contributed by atoms with E-state index in [4.69, 9.17) is 0 Å². The van der Waals surface area contributed by atoms with Crippen molar-refractivity contribution in [2.24, 2.45) is 0 Å². The van der Waals surface area contributed by atoms with E-state index in [1.165, 1.54) is 0 Å². The van der Waals surface area contributed by atoms with Gasteiger partial charge in [-0.1, -0.05) is 0 Å². The number of nitrogens with zero attached hydrogens (tertiary/aromatic N) is 2. The molecule has 1 N–H and O–H groups in total. The van der Waals surface area contributed by atoms with Gasteiger partial charge in [0, 0.05) is 18.1 Å². The Labute approximate surface area is 76.3 Å². The van der Waals surface area contributed by atoms with Crippen LogP contribution in [0.3, 0.4) is 0 Å². The normalized spacial score (nSPS) is 10.2. The maximum Gasteiger partial charge on any atom is 0.179 e. The molecule has 2 aromatic rings. The van der Waals surface area contributed by atoms with Crippen LogP contribution in [0.4, 0.5) is 0 Å². The minimum Gasteiger partial charge on any atom is -0.504 e. The molecular weight excluding hydrogens is 164 g/mol. The van der Waals surface area contributed by atoms with Crippen molar-refractivity contribution in [2.45, 2.75) is 6.92 Å². The van der Waals surface area contributed by atoms with E-state index in [1.807, 2.05) is 31.5 Å². The molecule has 0 saturated heterocycles. The zero-order valence-corrected chi connectivity index (χ0v) is 7.31. The summed E-state index contributed by atoms with van der Waals surface area (Å²) in [6, 6.07) is 7.22. The Morgan fingerprint density at radius 3 is 2.62 bits per heavy atom. The minimum atomic E-state index is 0.196. The van der Waals surface area contributed by atoms with E-state index in [2.05, 4.69) is 4.98 Å². The van der Waals surface area contributed by atoms with Crippen LogP contribution in [0.1, 0.15) is 5.69 Å². The highest BCUT2D eigenvalue weighted by Gasteiger charge is 2.03. The van der Waals surface area contributed by atoms with E-state index in [0.717, 1.165) is 5.69 Å². The molecule has 13 heavy (non-hydrogen) atoms. The molecule has 0 aromatic carbocycles. The summed E-state index contributed by atoms with van der Waals surface area (Å²) >= 11 is 0. The Hall–Kier alpha value is -1.77. The summed E-state index contributed by atoms with van der Waals surface area (Å²) < 4.78 is 1.78. The van der Waals surface area contributed by atoms with E-state index in [0.29, 0.717) is 5.82 Å². The molecular formula is C10H10N2O. The van der Waals surface area contributed by atoms with E-state index in [1.54, 1.807) is 16.7 Å². The molecule has 0 atom stereocenters. The summed E-state index contributed by atoms with van der Waals surface area (Å²) in [6.45, 7) is 1.90. The summed E-state index contributed by atoms with van der Waals surface area (Å²) in [5.41, 5.74) is 0.890. The number of aromatic nitrogens is 2. The van der Waals surface area contributed by atoms with Crippen LogP contribution in [-0.2, 0) is 0 Å². The van der Waals surface area contributed by atoms with Crippen molar-refractivity contribution < 1.29 is 5.11 Å². The lowest BCUT2D eigenvalue weighted by Crippen LogP contribution is -1.95. The van der Waals surface area contributed by atoms with Crippen molar-refractivity contribution in [3.8, 4) is 11.6 Å². The van der Waals surface area contributed by atoms with Crippen LogP contribution in [0.5, 0.6) is 5.75 Å². The van der Waals surface area contributed by atoms with Gasteiger partial charge in [0.1, 0.15) is 0 Å². The first-order chi connectivity index (χ1) is 6.27. The van der Waals surface area contributed by atoms with Crippen molar-refractivity contribution in [1.82, 2.24) is 9.55 Å². The van der Waals surface area contributed by atoms with Gasteiger partial charge in [0.2, 0.25) is 0 Å². The summed E-state index contributed by atoms with van der Waals surface area (Å²) in [7, 11) is 0. The highest BCUT2D eigenvalue weighted by atomic mass is 16.3. The lowest BCUT2D eigenvalue weighted by molar-refractivity contribution is 0.468. The fourth-order valence-corrected chi connectivity index (χ4v) is 1.20. The molecule has 3 nitrogen and oxygen atoms in total. The zero-order valence-electron chi connectivity index (χ0n) is 7.31. The zero-order chi connectivity index (χ0) is 9.26. The molecule has 0 aliphatic heterocycles. The molecule has 3 heteroatoms. The predicted octanol–water partition coefficient (Wildman–Crippen LogP) is 1.89. The molecule has 2 rings (SSSR count).